The van der Waals surface area contributed by atoms with Gasteiger partial charge in [-0.2, -0.15) is 5.10 Å². The summed E-state index contributed by atoms with van der Waals surface area (Å²) in [5.41, 5.74) is 3.74. The monoisotopic (exact) mass is 446 g/mol. The van der Waals surface area contributed by atoms with E-state index < -0.39 is 0 Å². The normalized spacial score (nSPS) is 10.9. The zero-order chi connectivity index (χ0) is 23.8. The number of carbonyl (C=O) groups is 2. The van der Waals surface area contributed by atoms with E-state index in [4.69, 9.17) is 5.10 Å². The Balaban J connectivity index is 1.83. The number of nitrogens with zero attached hydrogens (tertiary/aromatic N) is 3. The third-order valence-electron chi connectivity index (χ3n) is 5.58. The van der Waals surface area contributed by atoms with Crippen LogP contribution in [0.3, 0.4) is 0 Å². The van der Waals surface area contributed by atoms with Gasteiger partial charge < -0.3 is 10.2 Å². The van der Waals surface area contributed by atoms with Crippen LogP contribution in [-0.2, 0) is 9.59 Å². The van der Waals surface area contributed by atoms with Gasteiger partial charge in [0.05, 0.1) is 11.4 Å². The van der Waals surface area contributed by atoms with E-state index in [-0.39, 0.29) is 24.4 Å². The average molecular weight is 447 g/mol. The topological polar surface area (TPSA) is 67.2 Å². The number of unbranched alkanes of at least 4 members (excludes halogenated alkanes) is 2. The molecular formula is C27H34N4O2. The summed E-state index contributed by atoms with van der Waals surface area (Å²) in [6, 6.07) is 19.7. The molecule has 174 valence electrons. The van der Waals surface area contributed by atoms with Crippen molar-refractivity contribution >= 4 is 17.6 Å². The summed E-state index contributed by atoms with van der Waals surface area (Å²) in [7, 11) is 0. The predicted molar refractivity (Wildman–Crippen MR) is 133 cm³/mol. The van der Waals surface area contributed by atoms with E-state index in [2.05, 4.69) is 12.2 Å². The Kier molecular flexibility index (Phi) is 8.41. The number of carbonyl (C=O) groups excluding carboxylic acids is 2. The molecule has 0 saturated carbocycles. The Morgan fingerprint density at radius 1 is 1.03 bits per heavy atom. The maximum atomic E-state index is 13.0. The molecule has 0 aliphatic heterocycles. The second-order valence-corrected chi connectivity index (χ2v) is 8.65. The Morgan fingerprint density at radius 3 is 2.36 bits per heavy atom. The fraction of sp³-hybridized carbons (Fsp3) is 0.370. The number of aromatic nitrogens is 2. The predicted octanol–water partition coefficient (Wildman–Crippen LogP) is 5.60. The third-order valence-corrected chi connectivity index (χ3v) is 5.58. The maximum absolute atomic E-state index is 13.0. The van der Waals surface area contributed by atoms with Crippen molar-refractivity contribution in [3.8, 4) is 16.9 Å². The molecule has 6 nitrogen and oxygen atoms in total. The minimum atomic E-state index is -0.236. The molecule has 0 atom stereocenters. The van der Waals surface area contributed by atoms with Gasteiger partial charge >= 0.3 is 0 Å². The van der Waals surface area contributed by atoms with Crippen LogP contribution < -0.4 is 5.32 Å². The quantitative estimate of drug-likeness (QED) is 0.412. The number of hydrogen-bond acceptors (Lipinski definition) is 3. The molecule has 0 spiro atoms. The Bertz CT molecular complexity index is 1060. The molecule has 0 aliphatic carbocycles. The fourth-order valence-corrected chi connectivity index (χ4v) is 3.67. The van der Waals surface area contributed by atoms with Crippen LogP contribution in [0.4, 0.5) is 5.82 Å². The highest BCUT2D eigenvalue weighted by atomic mass is 16.2. The number of aryl methyl sites for hydroxylation is 1. The number of hydrogen-bond donors (Lipinski definition) is 1. The number of rotatable bonds is 10. The van der Waals surface area contributed by atoms with E-state index in [0.717, 1.165) is 41.8 Å². The minimum absolute atomic E-state index is 0.0162. The number of benzene rings is 2. The molecule has 1 N–H and O–H groups in total. The Labute approximate surface area is 196 Å². The summed E-state index contributed by atoms with van der Waals surface area (Å²) in [5, 5.41) is 7.74. The van der Waals surface area contributed by atoms with Crippen LogP contribution in [0.2, 0.25) is 0 Å². The lowest BCUT2D eigenvalue weighted by Crippen LogP contribution is -2.42. The van der Waals surface area contributed by atoms with Gasteiger partial charge in [0.25, 0.3) is 0 Å². The van der Waals surface area contributed by atoms with Crippen LogP contribution in [0.5, 0.6) is 0 Å². The standard InChI is InChI=1S/C27H34N4O2/c1-5-6-8-13-27(33)30(20(2)3)19-26(32)28-25-18-24(22-11-9-7-10-12-22)29-31(25)23-16-14-21(4)15-17-23/h7,9-12,14-18,20H,5-6,8,13,19H2,1-4H3,(H,28,32). The lowest BCUT2D eigenvalue weighted by molar-refractivity contribution is -0.136. The highest BCUT2D eigenvalue weighted by Crippen LogP contribution is 2.25. The van der Waals surface area contributed by atoms with Crippen LogP contribution in [-0.4, -0.2) is 39.1 Å². The summed E-state index contributed by atoms with van der Waals surface area (Å²) >= 11 is 0. The molecule has 0 fully saturated rings. The third kappa shape index (κ3) is 6.54. The molecule has 3 aromatic rings. The van der Waals surface area contributed by atoms with Gasteiger partial charge in [0.1, 0.15) is 12.4 Å². The lowest BCUT2D eigenvalue weighted by Gasteiger charge is -2.26. The van der Waals surface area contributed by atoms with E-state index in [0.29, 0.717) is 12.2 Å². The smallest absolute Gasteiger partial charge is 0.245 e. The van der Waals surface area contributed by atoms with Gasteiger partial charge in [-0.15, -0.1) is 0 Å². The molecule has 3 rings (SSSR count). The van der Waals surface area contributed by atoms with E-state index in [1.54, 1.807) is 9.58 Å². The molecule has 0 aliphatic rings. The van der Waals surface area contributed by atoms with Gasteiger partial charge in [-0.05, 0) is 39.3 Å². The summed E-state index contributed by atoms with van der Waals surface area (Å²) < 4.78 is 1.74. The fourth-order valence-electron chi connectivity index (χ4n) is 3.67. The zero-order valence-electron chi connectivity index (χ0n) is 20.0. The second kappa shape index (κ2) is 11.5. The first kappa shape index (κ1) is 24.2. The van der Waals surface area contributed by atoms with Crippen LogP contribution in [0, 0.1) is 6.92 Å². The largest absolute Gasteiger partial charge is 0.331 e. The van der Waals surface area contributed by atoms with Crippen molar-refractivity contribution in [2.24, 2.45) is 0 Å². The van der Waals surface area contributed by atoms with Crippen LogP contribution >= 0.6 is 0 Å². The van der Waals surface area contributed by atoms with Crippen molar-refractivity contribution in [1.82, 2.24) is 14.7 Å². The molecule has 1 aromatic heterocycles. The highest BCUT2D eigenvalue weighted by Gasteiger charge is 2.21. The number of nitrogens with one attached hydrogen (secondary N) is 1. The van der Waals surface area contributed by atoms with Crippen molar-refractivity contribution in [2.45, 2.75) is 59.4 Å². The van der Waals surface area contributed by atoms with E-state index >= 15 is 0 Å². The SMILES string of the molecule is CCCCCC(=O)N(CC(=O)Nc1cc(-c2ccccc2)nn1-c1ccc(C)cc1)C(C)C. The van der Waals surface area contributed by atoms with Gasteiger partial charge in [-0.3, -0.25) is 9.59 Å². The van der Waals surface area contributed by atoms with E-state index in [1.807, 2.05) is 81.4 Å². The molecule has 0 unspecified atom stereocenters. The first-order valence-corrected chi connectivity index (χ1v) is 11.7. The van der Waals surface area contributed by atoms with Crippen LogP contribution in [0.15, 0.2) is 60.7 Å². The van der Waals surface area contributed by atoms with Crippen molar-refractivity contribution in [3.05, 3.63) is 66.2 Å². The van der Waals surface area contributed by atoms with Crippen molar-refractivity contribution in [1.29, 1.82) is 0 Å². The van der Waals surface area contributed by atoms with Crippen molar-refractivity contribution in [2.75, 3.05) is 11.9 Å². The van der Waals surface area contributed by atoms with Gasteiger partial charge in [-0.1, -0.05) is 67.8 Å². The molecule has 2 amide bonds. The molecular weight excluding hydrogens is 412 g/mol. The van der Waals surface area contributed by atoms with Crippen molar-refractivity contribution in [3.63, 3.8) is 0 Å². The molecule has 0 radical (unpaired) electrons. The minimum Gasteiger partial charge on any atom is -0.331 e. The Morgan fingerprint density at radius 2 is 1.73 bits per heavy atom. The molecule has 0 saturated heterocycles. The van der Waals surface area contributed by atoms with E-state index in [9.17, 15) is 9.59 Å². The second-order valence-electron chi connectivity index (χ2n) is 8.65. The van der Waals surface area contributed by atoms with E-state index in [1.165, 1.54) is 0 Å². The maximum Gasteiger partial charge on any atom is 0.245 e. The van der Waals surface area contributed by atoms with Gasteiger partial charge in [0, 0.05) is 24.1 Å². The van der Waals surface area contributed by atoms with Gasteiger partial charge in [-0.25, -0.2) is 4.68 Å². The average Bonchev–Trinajstić information content (AvgIpc) is 3.22. The van der Waals surface area contributed by atoms with Crippen LogP contribution in [0.25, 0.3) is 16.9 Å². The highest BCUT2D eigenvalue weighted by molar-refractivity contribution is 5.94. The Hall–Kier alpha value is -3.41. The van der Waals surface area contributed by atoms with Gasteiger partial charge in [0.2, 0.25) is 11.8 Å². The molecule has 1 heterocycles. The molecule has 0 bridgehead atoms. The zero-order valence-corrected chi connectivity index (χ0v) is 20.0. The number of amides is 2. The molecule has 33 heavy (non-hydrogen) atoms. The first-order chi connectivity index (χ1) is 15.9. The number of anilines is 1. The van der Waals surface area contributed by atoms with Gasteiger partial charge in [0.15, 0.2) is 0 Å². The van der Waals surface area contributed by atoms with Crippen molar-refractivity contribution < 1.29 is 9.59 Å². The summed E-state index contributed by atoms with van der Waals surface area (Å²) in [6.07, 6.45) is 3.39. The molecule has 2 aromatic carbocycles. The lowest BCUT2D eigenvalue weighted by atomic mass is 10.1. The summed E-state index contributed by atoms with van der Waals surface area (Å²) in [5.74, 6) is 0.357. The first-order valence-electron chi connectivity index (χ1n) is 11.7. The molecule has 6 heteroatoms. The van der Waals surface area contributed by atoms with Crippen LogP contribution in [0.1, 0.15) is 52.0 Å². The summed E-state index contributed by atoms with van der Waals surface area (Å²) in [6.45, 7) is 8.04. The summed E-state index contributed by atoms with van der Waals surface area (Å²) in [4.78, 5) is 27.3.